The third-order valence-corrected chi connectivity index (χ3v) is 4.77. The minimum Gasteiger partial charge on any atom is -0.350 e. The van der Waals surface area contributed by atoms with Gasteiger partial charge in [-0.1, -0.05) is 30.3 Å². The van der Waals surface area contributed by atoms with Gasteiger partial charge in [-0.05, 0) is 31.0 Å². The van der Waals surface area contributed by atoms with Crippen molar-refractivity contribution in [3.05, 3.63) is 65.7 Å². The Hall–Kier alpha value is -3.02. The highest BCUT2D eigenvalue weighted by molar-refractivity contribution is 5.78. The Bertz CT molecular complexity index is 919. The van der Waals surface area contributed by atoms with Crippen LogP contribution in [0.25, 0.3) is 11.4 Å². The highest BCUT2D eigenvalue weighted by atomic mass is 16.1. The van der Waals surface area contributed by atoms with E-state index in [1.54, 1.807) is 6.20 Å². The van der Waals surface area contributed by atoms with Crippen LogP contribution in [0.2, 0.25) is 0 Å². The van der Waals surface area contributed by atoms with Gasteiger partial charge in [0, 0.05) is 24.7 Å². The highest BCUT2D eigenvalue weighted by Gasteiger charge is 2.28. The summed E-state index contributed by atoms with van der Waals surface area (Å²) in [7, 11) is 0. The normalized spacial score (nSPS) is 16.1. The number of aromatic nitrogens is 4. The number of fused-ring (bicyclic) bond motifs is 1. The molecule has 0 saturated heterocycles. The van der Waals surface area contributed by atoms with Crippen LogP contribution >= 0.6 is 0 Å². The van der Waals surface area contributed by atoms with Crippen molar-refractivity contribution >= 4 is 5.91 Å². The van der Waals surface area contributed by atoms with Crippen LogP contribution in [0.4, 0.5) is 0 Å². The lowest BCUT2D eigenvalue weighted by Gasteiger charge is -2.23. The van der Waals surface area contributed by atoms with Gasteiger partial charge in [0.15, 0.2) is 5.82 Å². The molecule has 132 valence electrons. The zero-order valence-corrected chi connectivity index (χ0v) is 14.7. The number of benzene rings is 1. The molecule has 1 amide bonds. The molecule has 0 aliphatic carbocycles. The van der Waals surface area contributed by atoms with Gasteiger partial charge in [-0.25, -0.2) is 0 Å². The third kappa shape index (κ3) is 3.35. The number of hydrogen-bond donors (Lipinski definition) is 1. The van der Waals surface area contributed by atoms with Crippen LogP contribution in [0.5, 0.6) is 0 Å². The minimum absolute atomic E-state index is 0.0617. The fraction of sp³-hybridized carbons (Fsp3) is 0.300. The first-order valence-corrected chi connectivity index (χ1v) is 8.87. The van der Waals surface area contributed by atoms with Crippen LogP contribution in [0.3, 0.4) is 0 Å². The third-order valence-electron chi connectivity index (χ3n) is 4.77. The largest absolute Gasteiger partial charge is 0.350 e. The molecule has 0 bridgehead atoms. The molecule has 3 aromatic rings. The molecule has 26 heavy (non-hydrogen) atoms. The van der Waals surface area contributed by atoms with Crippen LogP contribution in [-0.4, -0.2) is 25.7 Å². The Balaban J connectivity index is 1.46. The zero-order valence-electron chi connectivity index (χ0n) is 14.7. The van der Waals surface area contributed by atoms with Gasteiger partial charge in [0.1, 0.15) is 5.82 Å². The lowest BCUT2D eigenvalue weighted by molar-refractivity contribution is -0.126. The molecule has 0 spiro atoms. The maximum atomic E-state index is 12.6. The lowest BCUT2D eigenvalue weighted by atomic mass is 9.98. The van der Waals surface area contributed by atoms with Gasteiger partial charge in [-0.2, -0.15) is 0 Å². The highest BCUT2D eigenvalue weighted by Crippen LogP contribution is 2.25. The van der Waals surface area contributed by atoms with Crippen molar-refractivity contribution in [2.24, 2.45) is 5.92 Å². The first-order valence-electron chi connectivity index (χ1n) is 8.87. The molecule has 1 aliphatic heterocycles. The molecule has 0 saturated carbocycles. The quantitative estimate of drug-likeness (QED) is 0.787. The maximum absolute atomic E-state index is 12.6. The second-order valence-corrected chi connectivity index (χ2v) is 6.69. The summed E-state index contributed by atoms with van der Waals surface area (Å²) in [6.45, 7) is 3.09. The van der Waals surface area contributed by atoms with Crippen LogP contribution in [0.1, 0.15) is 23.5 Å². The molecule has 4 rings (SSSR count). The van der Waals surface area contributed by atoms with Crippen molar-refractivity contribution in [2.75, 3.05) is 0 Å². The Morgan fingerprint density at radius 3 is 2.88 bits per heavy atom. The monoisotopic (exact) mass is 347 g/mol. The molecule has 6 nitrogen and oxygen atoms in total. The van der Waals surface area contributed by atoms with Crippen LogP contribution < -0.4 is 5.32 Å². The van der Waals surface area contributed by atoms with Crippen molar-refractivity contribution in [2.45, 2.75) is 32.9 Å². The van der Waals surface area contributed by atoms with Gasteiger partial charge >= 0.3 is 0 Å². The van der Waals surface area contributed by atoms with Crippen molar-refractivity contribution in [1.82, 2.24) is 25.1 Å². The molecule has 1 unspecified atom stereocenters. The Morgan fingerprint density at radius 1 is 1.23 bits per heavy atom. The van der Waals surface area contributed by atoms with E-state index in [-0.39, 0.29) is 11.8 Å². The van der Waals surface area contributed by atoms with Crippen LogP contribution in [0.15, 0.2) is 48.7 Å². The summed E-state index contributed by atoms with van der Waals surface area (Å²) < 4.78 is 2.08. The van der Waals surface area contributed by atoms with E-state index in [9.17, 15) is 4.79 Å². The van der Waals surface area contributed by atoms with Crippen molar-refractivity contribution in [1.29, 1.82) is 0 Å². The molecule has 1 atom stereocenters. The van der Waals surface area contributed by atoms with Gasteiger partial charge < -0.3 is 9.88 Å². The number of nitrogens with zero attached hydrogens (tertiary/aromatic N) is 4. The van der Waals surface area contributed by atoms with Gasteiger partial charge in [-0.3, -0.25) is 9.78 Å². The predicted octanol–water partition coefficient (Wildman–Crippen LogP) is 2.53. The van der Waals surface area contributed by atoms with Gasteiger partial charge in [-0.15, -0.1) is 10.2 Å². The Morgan fingerprint density at radius 2 is 2.08 bits per heavy atom. The first kappa shape index (κ1) is 16.4. The lowest BCUT2D eigenvalue weighted by Crippen LogP contribution is -2.36. The van der Waals surface area contributed by atoms with Gasteiger partial charge in [0.2, 0.25) is 5.91 Å². The van der Waals surface area contributed by atoms with E-state index >= 15 is 0 Å². The summed E-state index contributed by atoms with van der Waals surface area (Å²) in [6, 6.07) is 13.9. The standard InChI is InChI=1S/C20H21N5O/c1-14-9-10-21-17(11-14)12-22-20(26)16-7-8-18-23-24-19(25(18)13-16)15-5-3-2-4-6-15/h2-6,9-11,16H,7-8,12-13H2,1H3,(H,22,26). The molecule has 0 fully saturated rings. The number of nitrogens with one attached hydrogen (secondary N) is 1. The zero-order chi connectivity index (χ0) is 17.9. The summed E-state index contributed by atoms with van der Waals surface area (Å²) in [5.74, 6) is 1.77. The van der Waals surface area contributed by atoms with E-state index < -0.39 is 0 Å². The Kier molecular flexibility index (Phi) is 4.48. The van der Waals surface area contributed by atoms with Gasteiger partial charge in [0.25, 0.3) is 0 Å². The van der Waals surface area contributed by atoms with Gasteiger partial charge in [0.05, 0.1) is 18.2 Å². The molecule has 0 radical (unpaired) electrons. The molecule has 3 heterocycles. The molecular formula is C20H21N5O. The smallest absolute Gasteiger partial charge is 0.225 e. The predicted molar refractivity (Wildman–Crippen MR) is 98.1 cm³/mol. The molecule has 1 N–H and O–H groups in total. The number of amides is 1. The second-order valence-electron chi connectivity index (χ2n) is 6.69. The van der Waals surface area contributed by atoms with E-state index in [0.29, 0.717) is 13.1 Å². The number of aryl methyl sites for hydroxylation is 2. The van der Waals surface area contributed by atoms with Crippen LogP contribution in [-0.2, 0) is 24.3 Å². The average molecular weight is 347 g/mol. The average Bonchev–Trinajstić information content (AvgIpc) is 3.10. The van der Waals surface area contributed by atoms with E-state index in [1.807, 2.05) is 49.4 Å². The number of carbonyl (C=O) groups is 1. The first-order chi connectivity index (χ1) is 12.7. The summed E-state index contributed by atoms with van der Waals surface area (Å²) in [4.78, 5) is 16.9. The van der Waals surface area contributed by atoms with E-state index in [0.717, 1.165) is 41.3 Å². The number of hydrogen-bond acceptors (Lipinski definition) is 4. The molecular weight excluding hydrogens is 326 g/mol. The van der Waals surface area contributed by atoms with E-state index in [2.05, 4.69) is 25.1 Å². The summed E-state index contributed by atoms with van der Waals surface area (Å²) in [6.07, 6.45) is 3.33. The topological polar surface area (TPSA) is 72.7 Å². The van der Waals surface area contributed by atoms with E-state index in [1.165, 1.54) is 0 Å². The van der Waals surface area contributed by atoms with Crippen molar-refractivity contribution < 1.29 is 4.79 Å². The molecule has 2 aromatic heterocycles. The number of carbonyl (C=O) groups excluding carboxylic acids is 1. The molecule has 1 aliphatic rings. The SMILES string of the molecule is Cc1ccnc(CNC(=O)C2CCc3nnc(-c4ccccc4)n3C2)c1. The maximum Gasteiger partial charge on any atom is 0.225 e. The van der Waals surface area contributed by atoms with Crippen LogP contribution in [0, 0.1) is 12.8 Å². The minimum atomic E-state index is -0.0780. The van der Waals surface area contributed by atoms with Crippen molar-refractivity contribution in [3.8, 4) is 11.4 Å². The van der Waals surface area contributed by atoms with Crippen molar-refractivity contribution in [3.63, 3.8) is 0 Å². The second kappa shape index (κ2) is 7.07. The summed E-state index contributed by atoms with van der Waals surface area (Å²) in [5.41, 5.74) is 3.05. The summed E-state index contributed by atoms with van der Waals surface area (Å²) >= 11 is 0. The Labute approximate surface area is 152 Å². The molecule has 6 heteroatoms. The summed E-state index contributed by atoms with van der Waals surface area (Å²) in [5, 5.41) is 11.7. The molecule has 1 aromatic carbocycles. The fourth-order valence-corrected chi connectivity index (χ4v) is 3.36. The number of pyridine rings is 1. The fourth-order valence-electron chi connectivity index (χ4n) is 3.36. The number of rotatable bonds is 4. The van der Waals surface area contributed by atoms with E-state index in [4.69, 9.17) is 0 Å².